The molecule has 0 N–H and O–H groups in total. The second-order valence-electron chi connectivity index (χ2n) is 8.93. The Bertz CT molecular complexity index is 622. The zero-order valence-electron chi connectivity index (χ0n) is 21.1. The summed E-state index contributed by atoms with van der Waals surface area (Å²) in [5.41, 5.74) is 0. The Hall–Kier alpha value is -0.121. The SMILES string of the molecule is CCC[CH2][Sn](/[CH]=C/C=C\[C@@H]1C[C@H](OC)O[C@H]1/C=C/C(=O)OC/C=C\I)([CH2]CCC)[CH2]CCC. The number of allylic oxidation sites excluding steroid dienone is 2. The molecule has 1 fully saturated rings. The fourth-order valence-corrected chi connectivity index (χ4v) is 18.6. The molecular formula is C27H45IO4Sn. The van der Waals surface area contributed by atoms with Crippen LogP contribution in [-0.4, -0.2) is 50.5 Å². The van der Waals surface area contributed by atoms with Crippen LogP contribution in [0.5, 0.6) is 0 Å². The van der Waals surface area contributed by atoms with Gasteiger partial charge in [-0.15, -0.1) is 0 Å². The van der Waals surface area contributed by atoms with Crippen molar-refractivity contribution in [2.75, 3.05) is 13.7 Å². The summed E-state index contributed by atoms with van der Waals surface area (Å²) in [6, 6.07) is 0. The van der Waals surface area contributed by atoms with Crippen LogP contribution in [0.15, 0.2) is 44.6 Å². The molecule has 0 aromatic rings. The Kier molecular flexibility index (Phi) is 17.9. The van der Waals surface area contributed by atoms with Crippen molar-refractivity contribution in [2.45, 2.75) is 91.4 Å². The molecule has 1 aliphatic heterocycles. The van der Waals surface area contributed by atoms with Gasteiger partial charge < -0.3 is 0 Å². The van der Waals surface area contributed by atoms with Gasteiger partial charge in [-0.25, -0.2) is 0 Å². The number of carbonyl (C=O) groups is 1. The Balaban J connectivity index is 2.86. The summed E-state index contributed by atoms with van der Waals surface area (Å²) < 4.78 is 25.5. The number of ether oxygens (including phenoxy) is 3. The van der Waals surface area contributed by atoms with Crippen molar-refractivity contribution in [3.8, 4) is 0 Å². The molecule has 33 heavy (non-hydrogen) atoms. The van der Waals surface area contributed by atoms with E-state index in [1.807, 2.05) is 4.08 Å². The summed E-state index contributed by atoms with van der Waals surface area (Å²) in [5.74, 6) is -0.164. The van der Waals surface area contributed by atoms with Crippen LogP contribution in [0.1, 0.15) is 65.7 Å². The van der Waals surface area contributed by atoms with Crippen LogP contribution in [-0.2, 0) is 19.0 Å². The first-order valence-corrected chi connectivity index (χ1v) is 21.6. The van der Waals surface area contributed by atoms with Gasteiger partial charge in [0.15, 0.2) is 0 Å². The van der Waals surface area contributed by atoms with E-state index in [-0.39, 0.29) is 30.9 Å². The van der Waals surface area contributed by atoms with Crippen LogP contribution >= 0.6 is 22.6 Å². The zero-order chi connectivity index (χ0) is 24.4. The van der Waals surface area contributed by atoms with Crippen molar-refractivity contribution < 1.29 is 19.0 Å². The van der Waals surface area contributed by atoms with Crippen LogP contribution in [0.4, 0.5) is 0 Å². The fraction of sp³-hybridized carbons (Fsp3) is 0.667. The van der Waals surface area contributed by atoms with Crippen molar-refractivity contribution in [1.29, 1.82) is 0 Å². The molecular weight excluding hydrogens is 634 g/mol. The Morgan fingerprint density at radius 2 is 1.67 bits per heavy atom. The molecule has 0 amide bonds. The first-order valence-electron chi connectivity index (χ1n) is 12.7. The van der Waals surface area contributed by atoms with Crippen LogP contribution in [0.2, 0.25) is 13.3 Å². The summed E-state index contributed by atoms with van der Waals surface area (Å²) in [7, 11) is 1.67. The summed E-state index contributed by atoms with van der Waals surface area (Å²) in [5, 5.41) is 0. The van der Waals surface area contributed by atoms with E-state index in [2.05, 4.69) is 65.7 Å². The van der Waals surface area contributed by atoms with E-state index >= 15 is 0 Å². The molecule has 0 unspecified atom stereocenters. The van der Waals surface area contributed by atoms with Crippen LogP contribution in [0.3, 0.4) is 0 Å². The standard InChI is InChI=1S/C15H18IO4.3C4H9.Sn/c1-3-4-6-12-11-15(18-2)20-13(12)7-8-14(17)19-10-5-9-16;3*1-3-4-2;/h1,3-9,12-13,15H,10-11H2,2H3;3*1,3-4H2,2H3;/b3-1?,6-4-,8-7+,9-5-;;;;/t12-,13+,15-;;;;/m1..../s1. The van der Waals surface area contributed by atoms with Crippen molar-refractivity contribution in [2.24, 2.45) is 5.92 Å². The first-order chi connectivity index (χ1) is 16.0. The van der Waals surface area contributed by atoms with Gasteiger partial charge in [-0.1, -0.05) is 22.6 Å². The van der Waals surface area contributed by atoms with Gasteiger partial charge in [-0.3, -0.25) is 0 Å². The van der Waals surface area contributed by atoms with Crippen molar-refractivity contribution in [3.63, 3.8) is 0 Å². The average molecular weight is 679 g/mol. The molecule has 0 aromatic carbocycles. The van der Waals surface area contributed by atoms with Crippen molar-refractivity contribution in [3.05, 3.63) is 44.6 Å². The molecule has 0 aliphatic carbocycles. The topological polar surface area (TPSA) is 44.8 Å². The summed E-state index contributed by atoms with van der Waals surface area (Å²) in [4.78, 5) is 11.9. The molecule has 0 radical (unpaired) electrons. The van der Waals surface area contributed by atoms with E-state index in [4.69, 9.17) is 14.2 Å². The van der Waals surface area contributed by atoms with Crippen LogP contribution < -0.4 is 0 Å². The quantitative estimate of drug-likeness (QED) is 0.0516. The number of hydrogen-bond acceptors (Lipinski definition) is 4. The maximum absolute atomic E-state index is 11.9. The van der Waals surface area contributed by atoms with Crippen LogP contribution in [0, 0.1) is 5.92 Å². The summed E-state index contributed by atoms with van der Waals surface area (Å²) in [6.07, 6.45) is 20.2. The number of methoxy groups -OCH3 is 1. The number of carbonyl (C=O) groups excluding carboxylic acids is 1. The number of rotatable bonds is 17. The molecule has 6 heteroatoms. The van der Waals surface area contributed by atoms with Gasteiger partial charge in [0, 0.05) is 0 Å². The van der Waals surface area contributed by atoms with Gasteiger partial charge in [0.1, 0.15) is 0 Å². The molecule has 1 rings (SSSR count). The third-order valence-corrected chi connectivity index (χ3v) is 20.9. The number of esters is 1. The van der Waals surface area contributed by atoms with Crippen molar-refractivity contribution >= 4 is 46.9 Å². The molecule has 0 saturated carbocycles. The van der Waals surface area contributed by atoms with Gasteiger partial charge in [0.2, 0.25) is 0 Å². The fourth-order valence-electron chi connectivity index (χ4n) is 4.28. The predicted octanol–water partition coefficient (Wildman–Crippen LogP) is 7.91. The van der Waals surface area contributed by atoms with E-state index in [1.165, 1.54) is 57.9 Å². The van der Waals surface area contributed by atoms with E-state index < -0.39 is 18.4 Å². The van der Waals surface area contributed by atoms with E-state index in [1.54, 1.807) is 19.3 Å². The zero-order valence-corrected chi connectivity index (χ0v) is 26.2. The second kappa shape index (κ2) is 19.1. The third-order valence-electron chi connectivity index (χ3n) is 6.30. The number of hydrogen-bond donors (Lipinski definition) is 0. The second-order valence-corrected chi connectivity index (χ2v) is 22.7. The Labute approximate surface area is 220 Å². The summed E-state index contributed by atoms with van der Waals surface area (Å²) >= 11 is -0.154. The maximum atomic E-state index is 11.9. The minimum atomic E-state index is -2.26. The number of unbranched alkanes of at least 4 members (excludes halogenated alkanes) is 3. The van der Waals surface area contributed by atoms with E-state index in [0.29, 0.717) is 0 Å². The monoisotopic (exact) mass is 680 g/mol. The first kappa shape index (κ1) is 30.9. The van der Waals surface area contributed by atoms with Gasteiger partial charge in [0.25, 0.3) is 0 Å². The molecule has 1 saturated heterocycles. The van der Waals surface area contributed by atoms with Crippen LogP contribution in [0.25, 0.3) is 0 Å². The predicted molar refractivity (Wildman–Crippen MR) is 150 cm³/mol. The molecule has 1 heterocycles. The normalized spacial score (nSPS) is 21.9. The van der Waals surface area contributed by atoms with E-state index in [0.717, 1.165) is 6.42 Å². The Morgan fingerprint density at radius 3 is 2.21 bits per heavy atom. The number of halogens is 1. The third kappa shape index (κ3) is 13.0. The van der Waals surface area contributed by atoms with Gasteiger partial charge >= 0.3 is 195 Å². The van der Waals surface area contributed by atoms with Crippen molar-refractivity contribution in [1.82, 2.24) is 0 Å². The molecule has 3 atom stereocenters. The molecule has 0 spiro atoms. The van der Waals surface area contributed by atoms with Gasteiger partial charge in [-0.05, 0) is 4.08 Å². The average Bonchev–Trinajstić information content (AvgIpc) is 3.23. The van der Waals surface area contributed by atoms with E-state index in [9.17, 15) is 4.79 Å². The molecule has 4 nitrogen and oxygen atoms in total. The minimum absolute atomic E-state index is 0.180. The summed E-state index contributed by atoms with van der Waals surface area (Å²) in [6.45, 7) is 7.23. The molecule has 188 valence electrons. The molecule has 0 bridgehead atoms. The van der Waals surface area contributed by atoms with Gasteiger partial charge in [-0.2, -0.15) is 0 Å². The molecule has 0 aromatic heterocycles. The molecule has 1 aliphatic rings. The van der Waals surface area contributed by atoms with Gasteiger partial charge in [0.05, 0.1) is 0 Å². The Morgan fingerprint density at radius 1 is 1.03 bits per heavy atom.